The molecule has 0 amide bonds. The van der Waals surface area contributed by atoms with Gasteiger partial charge in [-0.05, 0) is 12.1 Å². The highest BCUT2D eigenvalue weighted by Crippen LogP contribution is 2.20. The molecular formula is C12H8N2O2. The molecule has 2 aromatic rings. The van der Waals surface area contributed by atoms with Crippen LogP contribution in [0.4, 0.5) is 0 Å². The molecule has 1 aromatic heterocycles. The van der Waals surface area contributed by atoms with Crippen molar-refractivity contribution in [3.05, 3.63) is 41.6 Å². The maximum Gasteiger partial charge on any atom is 0.346 e. The van der Waals surface area contributed by atoms with E-state index in [1.54, 1.807) is 12.3 Å². The number of nitrogens with zero attached hydrogens (tertiary/aromatic N) is 1. The molecule has 2 N–H and O–H groups in total. The van der Waals surface area contributed by atoms with Gasteiger partial charge in [0.25, 0.3) is 0 Å². The van der Waals surface area contributed by atoms with Gasteiger partial charge in [0.2, 0.25) is 0 Å². The van der Waals surface area contributed by atoms with E-state index < -0.39 is 5.97 Å². The second-order valence-electron chi connectivity index (χ2n) is 3.26. The number of hydrogen-bond donors (Lipinski definition) is 2. The molecule has 78 valence electrons. The van der Waals surface area contributed by atoms with Crippen LogP contribution in [0, 0.1) is 11.3 Å². The number of hydrogen-bond acceptors (Lipinski definition) is 2. The minimum absolute atomic E-state index is 0.273. The van der Waals surface area contributed by atoms with E-state index in [-0.39, 0.29) is 5.57 Å². The van der Waals surface area contributed by atoms with Crippen molar-refractivity contribution in [1.82, 2.24) is 4.98 Å². The lowest BCUT2D eigenvalue weighted by atomic mass is 10.1. The van der Waals surface area contributed by atoms with Crippen LogP contribution in [0.25, 0.3) is 17.0 Å². The van der Waals surface area contributed by atoms with Gasteiger partial charge in [-0.1, -0.05) is 18.2 Å². The lowest BCUT2D eigenvalue weighted by Crippen LogP contribution is -1.96. The van der Waals surface area contributed by atoms with E-state index in [9.17, 15) is 4.79 Å². The van der Waals surface area contributed by atoms with E-state index >= 15 is 0 Å². The molecule has 0 fully saturated rings. The van der Waals surface area contributed by atoms with Crippen LogP contribution in [0.2, 0.25) is 0 Å². The zero-order valence-corrected chi connectivity index (χ0v) is 8.27. The molecule has 1 aromatic carbocycles. The zero-order chi connectivity index (χ0) is 11.5. The predicted molar refractivity (Wildman–Crippen MR) is 59.5 cm³/mol. The van der Waals surface area contributed by atoms with E-state index in [2.05, 4.69) is 4.98 Å². The normalized spacial score (nSPS) is 11.3. The molecule has 0 saturated heterocycles. The molecule has 0 aliphatic heterocycles. The molecule has 2 rings (SSSR count). The summed E-state index contributed by atoms with van der Waals surface area (Å²) in [5.74, 6) is -1.22. The molecule has 0 radical (unpaired) electrons. The van der Waals surface area contributed by atoms with Gasteiger partial charge in [-0.25, -0.2) is 4.79 Å². The molecule has 1 heterocycles. The van der Waals surface area contributed by atoms with E-state index in [1.165, 1.54) is 6.08 Å². The molecule has 0 atom stereocenters. The van der Waals surface area contributed by atoms with Gasteiger partial charge in [0, 0.05) is 22.7 Å². The number of nitrogens with one attached hydrogen (secondary N) is 1. The smallest absolute Gasteiger partial charge is 0.346 e. The molecule has 0 saturated carbocycles. The van der Waals surface area contributed by atoms with Crippen LogP contribution in [-0.2, 0) is 4.79 Å². The van der Waals surface area contributed by atoms with Gasteiger partial charge < -0.3 is 10.1 Å². The topological polar surface area (TPSA) is 76.9 Å². The Bertz CT molecular complexity index is 617. The van der Waals surface area contributed by atoms with Crippen LogP contribution < -0.4 is 0 Å². The summed E-state index contributed by atoms with van der Waals surface area (Å²) in [5, 5.41) is 18.3. The summed E-state index contributed by atoms with van der Waals surface area (Å²) >= 11 is 0. The summed E-state index contributed by atoms with van der Waals surface area (Å²) in [7, 11) is 0. The largest absolute Gasteiger partial charge is 0.477 e. The average molecular weight is 212 g/mol. The molecule has 0 bridgehead atoms. The Morgan fingerprint density at radius 1 is 1.44 bits per heavy atom. The Morgan fingerprint density at radius 3 is 2.88 bits per heavy atom. The number of H-pyrrole nitrogens is 1. The monoisotopic (exact) mass is 212 g/mol. The first-order valence-corrected chi connectivity index (χ1v) is 4.63. The Kier molecular flexibility index (Phi) is 2.44. The molecule has 4 heteroatoms. The Balaban J connectivity index is 2.57. The maximum atomic E-state index is 10.7. The SMILES string of the molecule is N#C/C(=C\c1c[nH]c2ccccc12)C(=O)O. The summed E-state index contributed by atoms with van der Waals surface area (Å²) in [4.78, 5) is 13.7. The van der Waals surface area contributed by atoms with Gasteiger partial charge in [-0.15, -0.1) is 0 Å². The van der Waals surface area contributed by atoms with Crippen molar-refractivity contribution in [3.63, 3.8) is 0 Å². The standard InChI is InChI=1S/C12H8N2O2/c13-6-8(12(15)16)5-9-7-14-11-4-2-1-3-10(9)11/h1-5,7,14H,(H,15,16)/b8-5+. The van der Waals surface area contributed by atoms with Crippen molar-refractivity contribution < 1.29 is 9.90 Å². The number of benzene rings is 1. The highest BCUT2D eigenvalue weighted by Gasteiger charge is 2.07. The van der Waals surface area contributed by atoms with Gasteiger partial charge in [0.15, 0.2) is 0 Å². The number of fused-ring (bicyclic) bond motifs is 1. The fourth-order valence-electron chi connectivity index (χ4n) is 1.51. The van der Waals surface area contributed by atoms with Crippen molar-refractivity contribution in [2.24, 2.45) is 0 Å². The maximum absolute atomic E-state index is 10.7. The van der Waals surface area contributed by atoms with E-state index in [1.807, 2.05) is 24.3 Å². The van der Waals surface area contributed by atoms with Crippen molar-refractivity contribution in [3.8, 4) is 6.07 Å². The van der Waals surface area contributed by atoms with Crippen molar-refractivity contribution >= 4 is 22.9 Å². The van der Waals surface area contributed by atoms with Crippen LogP contribution in [0.15, 0.2) is 36.0 Å². The number of carboxylic acids is 1. The summed E-state index contributed by atoms with van der Waals surface area (Å²) < 4.78 is 0. The first-order valence-electron chi connectivity index (χ1n) is 4.63. The van der Waals surface area contributed by atoms with Gasteiger partial charge in [-0.2, -0.15) is 5.26 Å². The number of carboxylic acid groups (broad SMARTS) is 1. The predicted octanol–water partition coefficient (Wildman–Crippen LogP) is 2.16. The molecule has 0 aliphatic carbocycles. The minimum Gasteiger partial charge on any atom is -0.477 e. The lowest BCUT2D eigenvalue weighted by Gasteiger charge is -1.92. The van der Waals surface area contributed by atoms with E-state index in [4.69, 9.17) is 10.4 Å². The number of nitriles is 1. The van der Waals surface area contributed by atoms with Gasteiger partial charge in [-0.3, -0.25) is 0 Å². The van der Waals surface area contributed by atoms with Crippen molar-refractivity contribution in [1.29, 1.82) is 5.26 Å². The molecule has 0 unspecified atom stereocenters. The first-order chi connectivity index (χ1) is 7.72. The summed E-state index contributed by atoms with van der Waals surface area (Å²) in [5.41, 5.74) is 1.34. The summed E-state index contributed by atoms with van der Waals surface area (Å²) in [6.07, 6.45) is 3.05. The van der Waals surface area contributed by atoms with Crippen LogP contribution in [0.1, 0.15) is 5.56 Å². The highest BCUT2D eigenvalue weighted by molar-refractivity contribution is 6.00. The summed E-state index contributed by atoms with van der Waals surface area (Å²) in [6, 6.07) is 9.16. The quantitative estimate of drug-likeness (QED) is 0.591. The number of rotatable bonds is 2. The average Bonchev–Trinajstić information content (AvgIpc) is 2.69. The highest BCUT2D eigenvalue weighted by atomic mass is 16.4. The Hall–Kier alpha value is -2.54. The molecule has 0 aliphatic rings. The van der Waals surface area contributed by atoms with Gasteiger partial charge >= 0.3 is 5.97 Å². The van der Waals surface area contributed by atoms with Gasteiger partial charge in [0.05, 0.1) is 0 Å². The minimum atomic E-state index is -1.22. The third-order valence-corrected chi connectivity index (χ3v) is 2.27. The zero-order valence-electron chi connectivity index (χ0n) is 8.27. The molecular weight excluding hydrogens is 204 g/mol. The lowest BCUT2D eigenvalue weighted by molar-refractivity contribution is -0.132. The van der Waals surface area contributed by atoms with E-state index in [0.717, 1.165) is 10.9 Å². The first kappa shape index (κ1) is 9.99. The number of aromatic amines is 1. The van der Waals surface area contributed by atoms with Crippen LogP contribution >= 0.6 is 0 Å². The third-order valence-electron chi connectivity index (χ3n) is 2.27. The number of aliphatic carboxylic acids is 1. The van der Waals surface area contributed by atoms with Gasteiger partial charge in [0.1, 0.15) is 11.6 Å². The fraction of sp³-hybridized carbons (Fsp3) is 0. The van der Waals surface area contributed by atoms with Crippen LogP contribution in [0.5, 0.6) is 0 Å². The van der Waals surface area contributed by atoms with Crippen molar-refractivity contribution in [2.75, 3.05) is 0 Å². The second-order valence-corrected chi connectivity index (χ2v) is 3.26. The van der Waals surface area contributed by atoms with Crippen LogP contribution in [0.3, 0.4) is 0 Å². The number of carbonyl (C=O) groups is 1. The number of aromatic nitrogens is 1. The number of para-hydroxylation sites is 1. The third kappa shape index (κ3) is 1.66. The summed E-state index contributed by atoms with van der Waals surface area (Å²) in [6.45, 7) is 0. The van der Waals surface area contributed by atoms with E-state index in [0.29, 0.717) is 5.56 Å². The van der Waals surface area contributed by atoms with Crippen LogP contribution in [-0.4, -0.2) is 16.1 Å². The Labute approximate surface area is 91.4 Å². The Morgan fingerprint density at radius 2 is 2.19 bits per heavy atom. The molecule has 4 nitrogen and oxygen atoms in total. The molecule has 0 spiro atoms. The van der Waals surface area contributed by atoms with Crippen molar-refractivity contribution in [2.45, 2.75) is 0 Å². The second kappa shape index (κ2) is 3.91. The fourth-order valence-corrected chi connectivity index (χ4v) is 1.51. The molecule has 16 heavy (non-hydrogen) atoms.